The molecule has 1 aromatic heterocycles. The predicted molar refractivity (Wildman–Crippen MR) is 154 cm³/mol. The zero-order chi connectivity index (χ0) is 28.4. The van der Waals surface area contributed by atoms with Gasteiger partial charge in [0.05, 0.1) is 11.3 Å². The van der Waals surface area contributed by atoms with Crippen molar-refractivity contribution in [2.24, 2.45) is 0 Å². The van der Waals surface area contributed by atoms with Gasteiger partial charge in [0, 0.05) is 23.7 Å². The molecule has 40 heavy (non-hydrogen) atoms. The van der Waals surface area contributed by atoms with Crippen molar-refractivity contribution in [3.8, 4) is 34.0 Å². The highest BCUT2D eigenvalue weighted by molar-refractivity contribution is 6.04. The second-order valence-corrected chi connectivity index (χ2v) is 9.73. The highest BCUT2D eigenvalue weighted by Crippen LogP contribution is 2.42. The lowest BCUT2D eigenvalue weighted by molar-refractivity contribution is -0.132. The van der Waals surface area contributed by atoms with Gasteiger partial charge < -0.3 is 10.1 Å². The molecular weight excluding hydrogens is 505 g/mol. The predicted octanol–water partition coefficient (Wildman–Crippen LogP) is 7.45. The maximum Gasteiger partial charge on any atom is 0.309 e. The lowest BCUT2D eigenvalue weighted by Crippen LogP contribution is -2.11. The number of ether oxygens (including phenoxy) is 1. The molecule has 0 aliphatic heterocycles. The Balaban J connectivity index is 1.63. The van der Waals surface area contributed by atoms with Crippen LogP contribution < -0.4 is 10.1 Å². The van der Waals surface area contributed by atoms with Gasteiger partial charge >= 0.3 is 5.97 Å². The minimum atomic E-state index is -0.466. The Bertz CT molecular complexity index is 1720. The molecule has 5 aromatic rings. The molecule has 7 heteroatoms. The minimum absolute atomic E-state index is 0.306. The van der Waals surface area contributed by atoms with Gasteiger partial charge in [0.2, 0.25) is 5.88 Å². The molecule has 0 saturated heterocycles. The van der Waals surface area contributed by atoms with Crippen LogP contribution in [0.15, 0.2) is 91.0 Å². The molecule has 1 N–H and O–H groups in total. The maximum atomic E-state index is 13.3. The molecule has 0 spiro atoms. The first-order valence-electron chi connectivity index (χ1n) is 12.8. The number of anilines is 1. The van der Waals surface area contributed by atoms with Crippen LogP contribution >= 0.6 is 0 Å². The number of carbonyl (C=O) groups excluding carboxylic acids is 2. The Morgan fingerprint density at radius 2 is 1.52 bits per heavy atom. The van der Waals surface area contributed by atoms with Crippen LogP contribution in [0.3, 0.4) is 0 Å². The Labute approximate surface area is 232 Å². The number of esters is 1. The van der Waals surface area contributed by atoms with Crippen molar-refractivity contribution >= 4 is 17.6 Å². The van der Waals surface area contributed by atoms with Crippen LogP contribution in [0.5, 0.6) is 5.88 Å². The van der Waals surface area contributed by atoms with Crippen LogP contribution in [0.4, 0.5) is 10.1 Å². The molecular formula is C33H28FN3O3. The van der Waals surface area contributed by atoms with E-state index in [0.717, 1.165) is 33.5 Å². The highest BCUT2D eigenvalue weighted by Gasteiger charge is 2.25. The van der Waals surface area contributed by atoms with Crippen molar-refractivity contribution < 1.29 is 18.7 Å². The van der Waals surface area contributed by atoms with Crippen molar-refractivity contribution in [2.75, 3.05) is 5.32 Å². The van der Waals surface area contributed by atoms with E-state index in [-0.39, 0.29) is 5.91 Å². The fraction of sp³-hybridized carbons (Fsp3) is 0.121. The molecule has 0 fully saturated rings. The van der Waals surface area contributed by atoms with Crippen LogP contribution in [0.2, 0.25) is 0 Å². The smallest absolute Gasteiger partial charge is 0.309 e. The van der Waals surface area contributed by atoms with Gasteiger partial charge in [0.25, 0.3) is 5.91 Å². The SMILES string of the molecule is CC(=O)Oc1c(-c2ccc(NC(=O)c3ccc(F)cc3)cc2)c(-c2cccc(C)c2)nn1-c1cc(C)ccc1C. The highest BCUT2D eigenvalue weighted by atomic mass is 19.1. The van der Waals surface area contributed by atoms with Crippen molar-refractivity contribution in [1.29, 1.82) is 0 Å². The molecule has 0 aliphatic carbocycles. The molecule has 0 unspecified atom stereocenters. The number of nitrogens with zero attached hydrogens (tertiary/aromatic N) is 2. The summed E-state index contributed by atoms with van der Waals surface area (Å²) in [4.78, 5) is 25.0. The Morgan fingerprint density at radius 3 is 2.20 bits per heavy atom. The summed E-state index contributed by atoms with van der Waals surface area (Å²) in [6, 6.07) is 26.6. The fourth-order valence-corrected chi connectivity index (χ4v) is 4.52. The number of aryl methyl sites for hydroxylation is 3. The molecule has 1 amide bonds. The number of hydrogen-bond acceptors (Lipinski definition) is 4. The lowest BCUT2D eigenvalue weighted by atomic mass is 9.99. The van der Waals surface area contributed by atoms with Gasteiger partial charge in [-0.15, -0.1) is 0 Å². The molecule has 0 bridgehead atoms. The number of halogens is 1. The molecule has 0 atom stereocenters. The van der Waals surface area contributed by atoms with E-state index in [1.54, 1.807) is 16.8 Å². The Hall–Kier alpha value is -5.04. The number of amides is 1. The van der Waals surface area contributed by atoms with Crippen molar-refractivity contribution in [3.05, 3.63) is 119 Å². The van der Waals surface area contributed by atoms with Crippen LogP contribution in [-0.2, 0) is 4.79 Å². The van der Waals surface area contributed by atoms with E-state index in [4.69, 9.17) is 9.84 Å². The summed E-state index contributed by atoms with van der Waals surface area (Å²) in [7, 11) is 0. The van der Waals surface area contributed by atoms with E-state index >= 15 is 0 Å². The summed E-state index contributed by atoms with van der Waals surface area (Å²) in [6.07, 6.45) is 0. The van der Waals surface area contributed by atoms with E-state index in [1.807, 2.05) is 75.4 Å². The lowest BCUT2D eigenvalue weighted by Gasteiger charge is -2.12. The van der Waals surface area contributed by atoms with Gasteiger partial charge in [-0.2, -0.15) is 9.78 Å². The average Bonchev–Trinajstić information content (AvgIpc) is 3.29. The third-order valence-corrected chi connectivity index (χ3v) is 6.51. The molecule has 0 radical (unpaired) electrons. The molecule has 6 nitrogen and oxygen atoms in total. The zero-order valence-corrected chi connectivity index (χ0v) is 22.7. The minimum Gasteiger partial charge on any atom is -0.407 e. The van der Waals surface area contributed by atoms with Gasteiger partial charge in [-0.1, -0.05) is 48.0 Å². The normalized spacial score (nSPS) is 10.8. The van der Waals surface area contributed by atoms with E-state index in [0.29, 0.717) is 28.4 Å². The van der Waals surface area contributed by atoms with Crippen LogP contribution in [0.25, 0.3) is 28.1 Å². The zero-order valence-electron chi connectivity index (χ0n) is 22.7. The second kappa shape index (κ2) is 11.0. The first-order valence-corrected chi connectivity index (χ1v) is 12.8. The number of carbonyl (C=O) groups is 2. The van der Waals surface area contributed by atoms with E-state index < -0.39 is 11.8 Å². The summed E-state index contributed by atoms with van der Waals surface area (Å²) >= 11 is 0. The largest absolute Gasteiger partial charge is 0.407 e. The third-order valence-electron chi connectivity index (χ3n) is 6.51. The summed E-state index contributed by atoms with van der Waals surface area (Å²) < 4.78 is 20.8. The first kappa shape index (κ1) is 26.6. The third kappa shape index (κ3) is 5.54. The summed E-state index contributed by atoms with van der Waals surface area (Å²) in [5, 5.41) is 7.81. The van der Waals surface area contributed by atoms with Gasteiger partial charge in [-0.3, -0.25) is 9.59 Å². The van der Waals surface area contributed by atoms with Gasteiger partial charge in [0.1, 0.15) is 11.5 Å². The topological polar surface area (TPSA) is 73.2 Å². The van der Waals surface area contributed by atoms with Crippen LogP contribution in [0, 0.1) is 26.6 Å². The van der Waals surface area contributed by atoms with E-state index in [1.165, 1.54) is 31.2 Å². The monoisotopic (exact) mass is 533 g/mol. The molecule has 5 rings (SSSR count). The van der Waals surface area contributed by atoms with Crippen molar-refractivity contribution in [3.63, 3.8) is 0 Å². The molecule has 4 aromatic carbocycles. The Kier molecular flexibility index (Phi) is 7.29. The molecule has 0 aliphatic rings. The summed E-state index contributed by atoms with van der Waals surface area (Å²) in [5.74, 6) is -0.917. The van der Waals surface area contributed by atoms with Gasteiger partial charge in [-0.25, -0.2) is 4.39 Å². The summed E-state index contributed by atoms with van der Waals surface area (Å²) in [6.45, 7) is 7.36. The number of aromatic nitrogens is 2. The van der Waals surface area contributed by atoms with Gasteiger partial charge in [0.15, 0.2) is 0 Å². The van der Waals surface area contributed by atoms with E-state index in [2.05, 4.69) is 5.32 Å². The number of hydrogen-bond donors (Lipinski definition) is 1. The maximum absolute atomic E-state index is 13.3. The quantitative estimate of drug-likeness (QED) is 0.230. The standard InChI is InChI=1S/C33H28FN3O3/c1-20-6-5-7-26(18-20)31-30(33(40-23(4)38)37(36-31)29-19-21(2)8-9-22(29)3)24-12-16-28(17-13-24)35-32(39)25-10-14-27(34)15-11-25/h5-19H,1-4H3,(H,35,39). The molecule has 0 saturated carbocycles. The van der Waals surface area contributed by atoms with Gasteiger partial charge in [-0.05, 0) is 86.0 Å². The number of benzene rings is 4. The molecule has 200 valence electrons. The Morgan fingerprint density at radius 1 is 0.825 bits per heavy atom. The second-order valence-electron chi connectivity index (χ2n) is 9.73. The summed E-state index contributed by atoms with van der Waals surface area (Å²) in [5.41, 5.74) is 7.74. The fourth-order valence-electron chi connectivity index (χ4n) is 4.52. The average molecular weight is 534 g/mol. The van der Waals surface area contributed by atoms with E-state index in [9.17, 15) is 14.0 Å². The number of nitrogens with one attached hydrogen (secondary N) is 1. The van der Waals surface area contributed by atoms with Crippen molar-refractivity contribution in [2.45, 2.75) is 27.7 Å². The van der Waals surface area contributed by atoms with Crippen molar-refractivity contribution in [1.82, 2.24) is 9.78 Å². The first-order chi connectivity index (χ1) is 19.2. The number of rotatable bonds is 6. The van der Waals surface area contributed by atoms with Crippen LogP contribution in [-0.4, -0.2) is 21.7 Å². The molecule has 1 heterocycles. The van der Waals surface area contributed by atoms with Crippen LogP contribution in [0.1, 0.15) is 34.0 Å².